The molecule has 2 unspecified atom stereocenters. The lowest BCUT2D eigenvalue weighted by Crippen LogP contribution is -2.63. The Bertz CT molecular complexity index is 539. The van der Waals surface area contributed by atoms with Gasteiger partial charge in [-0.2, -0.15) is 0 Å². The third-order valence-electron chi connectivity index (χ3n) is 4.10. The molecule has 2 atom stereocenters. The average molecular weight is 274 g/mol. The summed E-state index contributed by atoms with van der Waals surface area (Å²) in [4.78, 5) is 26.6. The maximum Gasteiger partial charge on any atom is 0.250 e. The molecule has 0 bridgehead atoms. The summed E-state index contributed by atoms with van der Waals surface area (Å²) in [6.45, 7) is 7.86. The van der Waals surface area contributed by atoms with Crippen molar-refractivity contribution in [2.24, 2.45) is 0 Å². The van der Waals surface area contributed by atoms with Gasteiger partial charge in [0.2, 0.25) is 11.8 Å². The normalized spacial score (nSPS) is 22.9. The highest BCUT2D eigenvalue weighted by atomic mass is 16.2. The molecule has 0 aromatic heterocycles. The van der Waals surface area contributed by atoms with Crippen molar-refractivity contribution in [2.45, 2.75) is 52.6 Å². The van der Waals surface area contributed by atoms with Crippen LogP contribution in [0, 0.1) is 13.8 Å². The van der Waals surface area contributed by atoms with E-state index in [0.29, 0.717) is 12.8 Å². The Morgan fingerprint density at radius 1 is 1.15 bits per heavy atom. The van der Waals surface area contributed by atoms with Crippen LogP contribution in [0.2, 0.25) is 0 Å². The second-order valence-electron chi connectivity index (χ2n) is 5.32. The first kappa shape index (κ1) is 14.6. The summed E-state index contributed by atoms with van der Waals surface area (Å²) in [5.41, 5.74) is 3.04. The van der Waals surface area contributed by atoms with Gasteiger partial charge >= 0.3 is 0 Å². The molecule has 1 aliphatic heterocycles. The molecule has 1 saturated heterocycles. The number of nitrogens with zero attached hydrogens (tertiary/aromatic N) is 1. The van der Waals surface area contributed by atoms with Crippen LogP contribution in [0.15, 0.2) is 18.2 Å². The van der Waals surface area contributed by atoms with Gasteiger partial charge < -0.3 is 5.32 Å². The molecule has 108 valence electrons. The summed E-state index contributed by atoms with van der Waals surface area (Å²) < 4.78 is 0. The van der Waals surface area contributed by atoms with Crippen LogP contribution >= 0.6 is 0 Å². The van der Waals surface area contributed by atoms with E-state index < -0.39 is 12.1 Å². The molecule has 1 aromatic rings. The number of nitrogens with one attached hydrogen (secondary N) is 1. The quantitative estimate of drug-likeness (QED) is 0.919. The largest absolute Gasteiger partial charge is 0.342 e. The van der Waals surface area contributed by atoms with Gasteiger partial charge in [-0.25, -0.2) is 0 Å². The Labute approximate surface area is 120 Å². The fourth-order valence-electron chi connectivity index (χ4n) is 2.70. The maximum absolute atomic E-state index is 12.6. The molecule has 0 saturated carbocycles. The molecule has 1 heterocycles. The molecule has 2 amide bonds. The first-order valence-electron chi connectivity index (χ1n) is 7.20. The van der Waals surface area contributed by atoms with Gasteiger partial charge in [-0.05, 0) is 43.9 Å². The first-order valence-corrected chi connectivity index (χ1v) is 7.20. The number of carbonyl (C=O) groups is 2. The minimum atomic E-state index is -0.412. The zero-order valence-corrected chi connectivity index (χ0v) is 12.6. The van der Waals surface area contributed by atoms with Gasteiger partial charge in [-0.1, -0.05) is 26.0 Å². The smallest absolute Gasteiger partial charge is 0.250 e. The SMILES string of the molecule is CCC1NC(=O)C(CC)N(c2cccc(C)c2C)C1=O. The van der Waals surface area contributed by atoms with Crippen LogP contribution in [0.5, 0.6) is 0 Å². The summed E-state index contributed by atoms with van der Waals surface area (Å²) in [6.07, 6.45) is 1.23. The summed E-state index contributed by atoms with van der Waals surface area (Å²) in [5.74, 6) is -0.0625. The fraction of sp³-hybridized carbons (Fsp3) is 0.500. The number of benzene rings is 1. The number of hydrogen-bond donors (Lipinski definition) is 1. The van der Waals surface area contributed by atoms with Crippen molar-refractivity contribution >= 4 is 17.5 Å². The molecule has 1 fully saturated rings. The van der Waals surface area contributed by atoms with E-state index in [-0.39, 0.29) is 11.8 Å². The van der Waals surface area contributed by atoms with Crippen LogP contribution in [0.25, 0.3) is 0 Å². The molecule has 4 nitrogen and oxygen atoms in total. The molecule has 0 spiro atoms. The second-order valence-corrected chi connectivity index (χ2v) is 5.32. The van der Waals surface area contributed by atoms with E-state index in [4.69, 9.17) is 0 Å². The van der Waals surface area contributed by atoms with Crippen LogP contribution in [0.1, 0.15) is 37.8 Å². The van der Waals surface area contributed by atoms with Crippen molar-refractivity contribution in [1.29, 1.82) is 0 Å². The molecule has 1 aromatic carbocycles. The third-order valence-corrected chi connectivity index (χ3v) is 4.10. The highest BCUT2D eigenvalue weighted by Crippen LogP contribution is 2.28. The van der Waals surface area contributed by atoms with Gasteiger partial charge in [-0.15, -0.1) is 0 Å². The highest BCUT2D eigenvalue weighted by molar-refractivity contribution is 6.08. The zero-order valence-electron chi connectivity index (χ0n) is 12.6. The van der Waals surface area contributed by atoms with Crippen LogP contribution < -0.4 is 10.2 Å². The zero-order chi connectivity index (χ0) is 14.9. The molecule has 1 aliphatic rings. The molecule has 1 N–H and O–H groups in total. The van der Waals surface area contributed by atoms with Crippen molar-refractivity contribution in [3.63, 3.8) is 0 Å². The topological polar surface area (TPSA) is 49.4 Å². The Balaban J connectivity index is 2.51. The van der Waals surface area contributed by atoms with Gasteiger partial charge in [0.15, 0.2) is 0 Å². The molecule has 20 heavy (non-hydrogen) atoms. The maximum atomic E-state index is 12.6. The molecular formula is C16H22N2O2. The van der Waals surface area contributed by atoms with Crippen molar-refractivity contribution in [3.05, 3.63) is 29.3 Å². The van der Waals surface area contributed by atoms with Gasteiger partial charge in [0, 0.05) is 5.69 Å². The van der Waals surface area contributed by atoms with Crippen molar-refractivity contribution in [3.8, 4) is 0 Å². The van der Waals surface area contributed by atoms with Crippen LogP contribution in [-0.4, -0.2) is 23.9 Å². The van der Waals surface area contributed by atoms with Gasteiger partial charge in [0.05, 0.1) is 0 Å². The Hall–Kier alpha value is -1.84. The lowest BCUT2D eigenvalue weighted by molar-refractivity contribution is -0.134. The van der Waals surface area contributed by atoms with Gasteiger partial charge in [0.25, 0.3) is 0 Å². The highest BCUT2D eigenvalue weighted by Gasteiger charge is 2.40. The minimum Gasteiger partial charge on any atom is -0.342 e. The number of piperazine rings is 1. The summed E-state index contributed by atoms with van der Waals surface area (Å²) >= 11 is 0. The third kappa shape index (κ3) is 2.30. The molecule has 2 rings (SSSR count). The predicted octanol–water partition coefficient (Wildman–Crippen LogP) is 2.32. The van der Waals surface area contributed by atoms with E-state index >= 15 is 0 Å². The molecule has 4 heteroatoms. The van der Waals surface area contributed by atoms with E-state index in [1.165, 1.54) is 0 Å². The van der Waals surface area contributed by atoms with E-state index in [1.807, 2.05) is 45.9 Å². The second kappa shape index (κ2) is 5.65. The van der Waals surface area contributed by atoms with E-state index in [9.17, 15) is 9.59 Å². The Kier molecular flexibility index (Phi) is 4.12. The van der Waals surface area contributed by atoms with Crippen LogP contribution in [-0.2, 0) is 9.59 Å². The molecular weight excluding hydrogens is 252 g/mol. The standard InChI is InChI=1S/C16H22N2O2/c1-5-12-16(20)18(13(6-2)15(19)17-12)14-9-7-8-10(3)11(14)4/h7-9,12-13H,5-6H2,1-4H3,(H,17,19). The number of aryl methyl sites for hydroxylation is 1. The monoisotopic (exact) mass is 274 g/mol. The molecule has 0 radical (unpaired) electrons. The first-order chi connectivity index (χ1) is 9.51. The summed E-state index contributed by atoms with van der Waals surface area (Å²) in [7, 11) is 0. The predicted molar refractivity (Wildman–Crippen MR) is 79.7 cm³/mol. The molecule has 0 aliphatic carbocycles. The minimum absolute atomic E-state index is 0.00681. The van der Waals surface area contributed by atoms with Crippen LogP contribution in [0.4, 0.5) is 5.69 Å². The Morgan fingerprint density at radius 3 is 2.45 bits per heavy atom. The van der Waals surface area contributed by atoms with Crippen molar-refractivity contribution < 1.29 is 9.59 Å². The van der Waals surface area contributed by atoms with Gasteiger partial charge in [0.1, 0.15) is 12.1 Å². The van der Waals surface area contributed by atoms with Crippen LogP contribution in [0.3, 0.4) is 0 Å². The van der Waals surface area contributed by atoms with Crippen molar-refractivity contribution in [1.82, 2.24) is 5.32 Å². The number of amides is 2. The van der Waals surface area contributed by atoms with E-state index in [1.54, 1.807) is 4.90 Å². The number of rotatable bonds is 3. The number of hydrogen-bond acceptors (Lipinski definition) is 2. The number of carbonyl (C=O) groups excluding carboxylic acids is 2. The summed E-state index contributed by atoms with van der Waals surface area (Å²) in [5, 5.41) is 2.82. The van der Waals surface area contributed by atoms with Gasteiger partial charge in [-0.3, -0.25) is 14.5 Å². The fourth-order valence-corrected chi connectivity index (χ4v) is 2.70. The number of anilines is 1. The lowest BCUT2D eigenvalue weighted by atomic mass is 9.99. The Morgan fingerprint density at radius 2 is 1.85 bits per heavy atom. The van der Waals surface area contributed by atoms with Crippen molar-refractivity contribution in [2.75, 3.05) is 4.90 Å². The van der Waals surface area contributed by atoms with E-state index in [0.717, 1.165) is 16.8 Å². The average Bonchev–Trinajstić information content (AvgIpc) is 2.44. The summed E-state index contributed by atoms with van der Waals surface area (Å²) in [6, 6.07) is 5.06. The lowest BCUT2D eigenvalue weighted by Gasteiger charge is -2.39. The van der Waals surface area contributed by atoms with E-state index in [2.05, 4.69) is 5.32 Å².